The van der Waals surface area contributed by atoms with Gasteiger partial charge in [0, 0.05) is 6.04 Å². The van der Waals surface area contributed by atoms with Crippen molar-refractivity contribution in [1.29, 1.82) is 0 Å². The molecule has 6 heteroatoms. The summed E-state index contributed by atoms with van der Waals surface area (Å²) in [5.74, 6) is 0. The highest BCUT2D eigenvalue weighted by Crippen LogP contribution is 2.06. The van der Waals surface area contributed by atoms with Gasteiger partial charge < -0.3 is 23.4 Å². The SMILES string of the molecule is CC(O)C(C)NC[B-](F)(F)F. The molecule has 0 bridgehead atoms. The molecule has 11 heavy (non-hydrogen) atoms. The van der Waals surface area contributed by atoms with Gasteiger partial charge in [-0.3, -0.25) is 0 Å². The van der Waals surface area contributed by atoms with Crippen LogP contribution in [-0.4, -0.2) is 30.7 Å². The van der Waals surface area contributed by atoms with E-state index >= 15 is 0 Å². The second-order valence-electron chi connectivity index (χ2n) is 2.65. The van der Waals surface area contributed by atoms with Gasteiger partial charge >= 0.3 is 6.98 Å². The lowest BCUT2D eigenvalue weighted by Crippen LogP contribution is -2.43. The molecule has 0 aromatic rings. The minimum Gasteiger partial charge on any atom is -0.448 e. The van der Waals surface area contributed by atoms with Crippen molar-refractivity contribution in [1.82, 2.24) is 5.32 Å². The molecular formula is C5H12BF3NO-. The Balaban J connectivity index is 3.54. The molecule has 0 aromatic carbocycles. The van der Waals surface area contributed by atoms with E-state index in [0.717, 1.165) is 0 Å². The molecule has 0 rings (SSSR count). The molecule has 0 amide bonds. The summed E-state index contributed by atoms with van der Waals surface area (Å²) in [7, 11) is 0. The van der Waals surface area contributed by atoms with Crippen molar-refractivity contribution in [3.63, 3.8) is 0 Å². The number of halogens is 3. The second kappa shape index (κ2) is 3.97. The molecule has 0 aromatic heterocycles. The lowest BCUT2D eigenvalue weighted by atomic mass is 9.92. The standard InChI is InChI=1S/C5H12BF3NO/c1-4(5(2)11)10-3-6(7,8)9/h4-5,10-11H,3H2,1-2H3/q-1. The third kappa shape index (κ3) is 6.18. The minimum absolute atomic E-state index is 0.515. The van der Waals surface area contributed by atoms with Gasteiger partial charge in [-0.25, -0.2) is 0 Å². The van der Waals surface area contributed by atoms with Gasteiger partial charge in [0.2, 0.25) is 0 Å². The average Bonchev–Trinajstić information content (AvgIpc) is 1.80. The summed E-state index contributed by atoms with van der Waals surface area (Å²) in [4.78, 5) is 0. The first-order valence-electron chi connectivity index (χ1n) is 3.45. The fraction of sp³-hybridized carbons (Fsp3) is 1.00. The fourth-order valence-corrected chi connectivity index (χ4v) is 0.490. The zero-order chi connectivity index (χ0) is 9.07. The van der Waals surface area contributed by atoms with E-state index in [0.29, 0.717) is 0 Å². The van der Waals surface area contributed by atoms with Gasteiger partial charge in [-0.15, -0.1) is 0 Å². The summed E-state index contributed by atoms with van der Waals surface area (Å²) in [6.45, 7) is -1.83. The first kappa shape index (κ1) is 10.8. The number of hydrogen-bond donors (Lipinski definition) is 2. The molecule has 0 saturated heterocycles. The van der Waals surface area contributed by atoms with Gasteiger partial charge in [-0.2, -0.15) is 0 Å². The summed E-state index contributed by atoms with van der Waals surface area (Å²) in [6.07, 6.45) is -1.75. The van der Waals surface area contributed by atoms with Crippen molar-refractivity contribution in [2.75, 3.05) is 6.44 Å². The van der Waals surface area contributed by atoms with Gasteiger partial charge in [-0.05, 0) is 20.3 Å². The van der Waals surface area contributed by atoms with E-state index in [1.807, 2.05) is 0 Å². The predicted octanol–water partition coefficient (Wildman–Crippen LogP) is 0.732. The van der Waals surface area contributed by atoms with E-state index in [1.165, 1.54) is 13.8 Å². The Morgan fingerprint density at radius 1 is 1.36 bits per heavy atom. The van der Waals surface area contributed by atoms with Crippen LogP contribution in [0.4, 0.5) is 12.9 Å². The van der Waals surface area contributed by atoms with Crippen LogP contribution in [0.1, 0.15) is 13.8 Å². The number of nitrogens with one attached hydrogen (secondary N) is 1. The Kier molecular flexibility index (Phi) is 3.89. The molecule has 0 aliphatic rings. The predicted molar refractivity (Wildman–Crippen MR) is 38.2 cm³/mol. The fourth-order valence-electron chi connectivity index (χ4n) is 0.490. The van der Waals surface area contributed by atoms with Gasteiger partial charge in [0.05, 0.1) is 6.10 Å². The first-order chi connectivity index (χ1) is 4.83. The van der Waals surface area contributed by atoms with Gasteiger partial charge in [0.1, 0.15) is 0 Å². The molecule has 2 atom stereocenters. The molecule has 0 heterocycles. The molecular weight excluding hydrogens is 158 g/mol. The average molecular weight is 170 g/mol. The Labute approximate surface area is 63.8 Å². The van der Waals surface area contributed by atoms with E-state index in [4.69, 9.17) is 5.11 Å². The zero-order valence-electron chi connectivity index (χ0n) is 6.52. The minimum atomic E-state index is -4.78. The highest BCUT2D eigenvalue weighted by atomic mass is 19.4. The smallest absolute Gasteiger partial charge is 0.448 e. The summed E-state index contributed by atoms with van der Waals surface area (Å²) < 4.78 is 34.8. The van der Waals surface area contributed by atoms with Crippen molar-refractivity contribution < 1.29 is 18.1 Å². The van der Waals surface area contributed by atoms with Crippen molar-refractivity contribution in [3.05, 3.63) is 0 Å². The molecule has 0 saturated carbocycles. The molecule has 2 nitrogen and oxygen atoms in total. The van der Waals surface area contributed by atoms with E-state index in [2.05, 4.69) is 5.32 Å². The lowest BCUT2D eigenvalue weighted by molar-refractivity contribution is 0.154. The van der Waals surface area contributed by atoms with Crippen LogP contribution >= 0.6 is 0 Å². The first-order valence-corrected chi connectivity index (χ1v) is 3.45. The number of hydrogen-bond acceptors (Lipinski definition) is 2. The van der Waals surface area contributed by atoms with E-state index < -0.39 is 25.6 Å². The van der Waals surface area contributed by atoms with Gasteiger partial charge in [0.25, 0.3) is 0 Å². The maximum absolute atomic E-state index is 11.6. The summed E-state index contributed by atoms with van der Waals surface area (Å²) in [5, 5.41) is 11.0. The van der Waals surface area contributed by atoms with Crippen LogP contribution in [0.25, 0.3) is 0 Å². The van der Waals surface area contributed by atoms with Crippen LogP contribution in [0.2, 0.25) is 0 Å². The van der Waals surface area contributed by atoms with Crippen LogP contribution in [0.3, 0.4) is 0 Å². The van der Waals surface area contributed by atoms with Crippen molar-refractivity contribution in [3.8, 4) is 0 Å². The highest BCUT2D eigenvalue weighted by molar-refractivity contribution is 6.58. The lowest BCUT2D eigenvalue weighted by Gasteiger charge is -2.21. The molecule has 0 radical (unpaired) electrons. The molecule has 2 N–H and O–H groups in total. The van der Waals surface area contributed by atoms with Crippen molar-refractivity contribution >= 4 is 6.98 Å². The normalized spacial score (nSPS) is 18.0. The molecule has 0 fully saturated rings. The quantitative estimate of drug-likeness (QED) is 0.609. The Morgan fingerprint density at radius 2 is 1.82 bits per heavy atom. The third-order valence-electron chi connectivity index (χ3n) is 1.39. The largest absolute Gasteiger partial charge is 0.491 e. The van der Waals surface area contributed by atoms with E-state index in [9.17, 15) is 12.9 Å². The van der Waals surface area contributed by atoms with Gasteiger partial charge in [0.15, 0.2) is 0 Å². The third-order valence-corrected chi connectivity index (χ3v) is 1.39. The van der Waals surface area contributed by atoms with E-state index in [-0.39, 0.29) is 0 Å². The summed E-state index contributed by atoms with van der Waals surface area (Å²) in [5.41, 5.74) is 0. The molecule has 0 spiro atoms. The summed E-state index contributed by atoms with van der Waals surface area (Å²) in [6, 6.07) is -0.515. The second-order valence-corrected chi connectivity index (χ2v) is 2.65. The topological polar surface area (TPSA) is 32.3 Å². The zero-order valence-corrected chi connectivity index (χ0v) is 6.52. The van der Waals surface area contributed by atoms with Crippen LogP contribution in [0.5, 0.6) is 0 Å². The number of rotatable bonds is 4. The van der Waals surface area contributed by atoms with Crippen molar-refractivity contribution in [2.24, 2.45) is 0 Å². The van der Waals surface area contributed by atoms with Crippen LogP contribution < -0.4 is 5.32 Å². The van der Waals surface area contributed by atoms with Gasteiger partial charge in [-0.1, -0.05) is 0 Å². The Morgan fingerprint density at radius 3 is 2.09 bits per heavy atom. The molecule has 0 aliphatic heterocycles. The Hall–Kier alpha value is -0.225. The highest BCUT2D eigenvalue weighted by Gasteiger charge is 2.23. The van der Waals surface area contributed by atoms with Crippen LogP contribution in [-0.2, 0) is 0 Å². The summed E-state index contributed by atoms with van der Waals surface area (Å²) >= 11 is 0. The van der Waals surface area contributed by atoms with Crippen LogP contribution in [0.15, 0.2) is 0 Å². The van der Waals surface area contributed by atoms with E-state index in [1.54, 1.807) is 0 Å². The maximum atomic E-state index is 11.6. The number of aliphatic hydroxyl groups is 1. The monoisotopic (exact) mass is 170 g/mol. The molecule has 2 unspecified atom stereocenters. The molecule has 68 valence electrons. The van der Waals surface area contributed by atoms with Crippen LogP contribution in [0, 0.1) is 0 Å². The Bertz CT molecular complexity index is 117. The molecule has 0 aliphatic carbocycles. The van der Waals surface area contributed by atoms with Crippen molar-refractivity contribution in [2.45, 2.75) is 26.0 Å². The maximum Gasteiger partial charge on any atom is 0.491 e. The number of aliphatic hydroxyl groups excluding tert-OH is 1.